The molecule has 0 spiro atoms. The minimum Gasteiger partial charge on any atom is -0.280 e. The maximum Gasteiger partial charge on any atom is 0.262 e. The number of hydrogen-bond donors (Lipinski definition) is 1. The number of halogens is 1. The molecule has 0 aliphatic rings. The number of benzene rings is 2. The minimum absolute atomic E-state index is 0.296. The van der Waals surface area contributed by atoms with E-state index in [2.05, 4.69) is 20.7 Å². The topological polar surface area (TPSA) is 46.2 Å². The highest BCUT2D eigenvalue weighted by Gasteiger charge is 2.16. The summed E-state index contributed by atoms with van der Waals surface area (Å²) in [7, 11) is -3.53. The van der Waals surface area contributed by atoms with E-state index in [1.165, 1.54) is 0 Å². The van der Waals surface area contributed by atoms with Crippen molar-refractivity contribution in [3.8, 4) is 0 Å². The SMILES string of the molecule is Cc1ccccc1S(=O)(=O)Nc1cccc(Br)c1. The van der Waals surface area contributed by atoms with Crippen molar-refractivity contribution in [2.45, 2.75) is 11.8 Å². The van der Waals surface area contributed by atoms with Crippen LogP contribution in [0.5, 0.6) is 0 Å². The summed E-state index contributed by atoms with van der Waals surface area (Å²) in [4.78, 5) is 0.296. The van der Waals surface area contributed by atoms with E-state index < -0.39 is 10.0 Å². The Kier molecular flexibility index (Phi) is 3.73. The van der Waals surface area contributed by atoms with Gasteiger partial charge in [-0.25, -0.2) is 8.42 Å². The van der Waals surface area contributed by atoms with Gasteiger partial charge < -0.3 is 0 Å². The first-order valence-corrected chi connectivity index (χ1v) is 7.61. The molecule has 2 aromatic rings. The van der Waals surface area contributed by atoms with Crippen molar-refractivity contribution in [3.05, 3.63) is 58.6 Å². The number of nitrogens with one attached hydrogen (secondary N) is 1. The molecular formula is C13H12BrNO2S. The second-order valence-corrected chi connectivity index (χ2v) is 6.45. The number of aryl methyl sites for hydroxylation is 1. The van der Waals surface area contributed by atoms with Crippen molar-refractivity contribution >= 4 is 31.6 Å². The van der Waals surface area contributed by atoms with E-state index in [1.54, 1.807) is 43.3 Å². The smallest absolute Gasteiger partial charge is 0.262 e. The van der Waals surface area contributed by atoms with Crippen LogP contribution in [-0.4, -0.2) is 8.42 Å². The molecule has 0 saturated heterocycles. The van der Waals surface area contributed by atoms with Crippen molar-refractivity contribution in [3.63, 3.8) is 0 Å². The predicted octanol–water partition coefficient (Wildman–Crippen LogP) is 3.56. The molecule has 3 nitrogen and oxygen atoms in total. The van der Waals surface area contributed by atoms with Crippen molar-refractivity contribution in [1.82, 2.24) is 0 Å². The Labute approximate surface area is 115 Å². The Hall–Kier alpha value is -1.33. The number of anilines is 1. The van der Waals surface area contributed by atoms with Crippen LogP contribution in [0.3, 0.4) is 0 Å². The van der Waals surface area contributed by atoms with E-state index in [9.17, 15) is 8.42 Å². The fourth-order valence-electron chi connectivity index (χ4n) is 1.62. The molecule has 0 bridgehead atoms. The zero-order valence-electron chi connectivity index (χ0n) is 9.72. The Morgan fingerprint density at radius 2 is 1.78 bits per heavy atom. The Bertz CT molecular complexity index is 668. The molecule has 0 saturated carbocycles. The molecule has 0 atom stereocenters. The van der Waals surface area contributed by atoms with E-state index in [1.807, 2.05) is 12.1 Å². The van der Waals surface area contributed by atoms with Crippen LogP contribution in [0, 0.1) is 6.92 Å². The van der Waals surface area contributed by atoms with Crippen LogP contribution in [0.2, 0.25) is 0 Å². The zero-order valence-corrected chi connectivity index (χ0v) is 12.1. The van der Waals surface area contributed by atoms with E-state index in [-0.39, 0.29) is 0 Å². The molecule has 2 aromatic carbocycles. The van der Waals surface area contributed by atoms with Gasteiger partial charge in [-0.1, -0.05) is 40.2 Å². The van der Waals surface area contributed by atoms with E-state index in [0.29, 0.717) is 10.6 Å². The predicted molar refractivity (Wildman–Crippen MR) is 76.1 cm³/mol. The fraction of sp³-hybridized carbons (Fsp3) is 0.0769. The second-order valence-electron chi connectivity index (χ2n) is 3.88. The average molecular weight is 326 g/mol. The van der Waals surface area contributed by atoms with Gasteiger partial charge in [0.05, 0.1) is 4.90 Å². The van der Waals surface area contributed by atoms with E-state index >= 15 is 0 Å². The first-order chi connectivity index (χ1) is 8.49. The van der Waals surface area contributed by atoms with Gasteiger partial charge >= 0.3 is 0 Å². The molecule has 0 heterocycles. The van der Waals surface area contributed by atoms with Crippen LogP contribution in [0.4, 0.5) is 5.69 Å². The van der Waals surface area contributed by atoms with Crippen molar-refractivity contribution in [2.24, 2.45) is 0 Å². The minimum atomic E-state index is -3.53. The second kappa shape index (κ2) is 5.12. The summed E-state index contributed by atoms with van der Waals surface area (Å²) < 4.78 is 27.8. The lowest BCUT2D eigenvalue weighted by molar-refractivity contribution is 0.600. The maximum atomic E-state index is 12.2. The highest BCUT2D eigenvalue weighted by Crippen LogP contribution is 2.21. The van der Waals surface area contributed by atoms with Crippen LogP contribution in [0.25, 0.3) is 0 Å². The van der Waals surface area contributed by atoms with Gasteiger partial charge in [-0.2, -0.15) is 0 Å². The molecule has 94 valence electrons. The molecule has 0 fully saturated rings. The molecule has 0 aromatic heterocycles. The van der Waals surface area contributed by atoms with Crippen molar-refractivity contribution < 1.29 is 8.42 Å². The molecule has 5 heteroatoms. The van der Waals surface area contributed by atoms with Gasteiger partial charge in [0, 0.05) is 10.2 Å². The fourth-order valence-corrected chi connectivity index (χ4v) is 3.32. The van der Waals surface area contributed by atoms with Crippen LogP contribution in [-0.2, 0) is 10.0 Å². The summed E-state index contributed by atoms with van der Waals surface area (Å²) in [5, 5.41) is 0. The summed E-state index contributed by atoms with van der Waals surface area (Å²) in [5.41, 5.74) is 1.26. The molecule has 0 aliphatic carbocycles. The van der Waals surface area contributed by atoms with E-state index in [0.717, 1.165) is 10.0 Å². The Morgan fingerprint density at radius 1 is 1.06 bits per heavy atom. The first kappa shape index (κ1) is 13.1. The molecule has 0 aliphatic heterocycles. The lowest BCUT2D eigenvalue weighted by Gasteiger charge is -2.10. The lowest BCUT2D eigenvalue weighted by Crippen LogP contribution is -2.14. The number of sulfonamides is 1. The maximum absolute atomic E-state index is 12.2. The summed E-state index contributed by atoms with van der Waals surface area (Å²) in [6.45, 7) is 1.77. The molecule has 0 radical (unpaired) electrons. The van der Waals surface area contributed by atoms with Crippen molar-refractivity contribution in [2.75, 3.05) is 4.72 Å². The van der Waals surface area contributed by atoms with Gasteiger partial charge in [-0.3, -0.25) is 4.72 Å². The van der Waals surface area contributed by atoms with Crippen LogP contribution >= 0.6 is 15.9 Å². The van der Waals surface area contributed by atoms with Gasteiger partial charge in [0.25, 0.3) is 10.0 Å². The van der Waals surface area contributed by atoms with Crippen LogP contribution < -0.4 is 4.72 Å². The summed E-state index contributed by atoms with van der Waals surface area (Å²) in [6, 6.07) is 13.9. The highest BCUT2D eigenvalue weighted by molar-refractivity contribution is 9.10. The third-order valence-corrected chi connectivity index (χ3v) is 4.49. The van der Waals surface area contributed by atoms with Gasteiger partial charge in [-0.15, -0.1) is 0 Å². The third-order valence-electron chi connectivity index (χ3n) is 2.46. The van der Waals surface area contributed by atoms with Crippen molar-refractivity contribution in [1.29, 1.82) is 0 Å². The first-order valence-electron chi connectivity index (χ1n) is 5.33. The van der Waals surface area contributed by atoms with Crippen LogP contribution in [0.15, 0.2) is 57.9 Å². The number of hydrogen-bond acceptors (Lipinski definition) is 2. The standard InChI is InChI=1S/C13H12BrNO2S/c1-10-5-2-3-8-13(10)18(16,17)15-12-7-4-6-11(14)9-12/h2-9,15H,1H3. The summed E-state index contributed by atoms with van der Waals surface area (Å²) in [5.74, 6) is 0. The zero-order chi connectivity index (χ0) is 13.2. The van der Waals surface area contributed by atoms with Gasteiger partial charge in [-0.05, 0) is 36.8 Å². The largest absolute Gasteiger partial charge is 0.280 e. The van der Waals surface area contributed by atoms with Gasteiger partial charge in [0.1, 0.15) is 0 Å². The summed E-state index contributed by atoms with van der Waals surface area (Å²) in [6.07, 6.45) is 0. The van der Waals surface area contributed by atoms with Gasteiger partial charge in [0.15, 0.2) is 0 Å². The molecule has 18 heavy (non-hydrogen) atoms. The summed E-state index contributed by atoms with van der Waals surface area (Å²) >= 11 is 3.31. The quantitative estimate of drug-likeness (QED) is 0.937. The molecule has 1 N–H and O–H groups in total. The van der Waals surface area contributed by atoms with E-state index in [4.69, 9.17) is 0 Å². The average Bonchev–Trinajstić information content (AvgIpc) is 2.28. The van der Waals surface area contributed by atoms with Crippen LogP contribution in [0.1, 0.15) is 5.56 Å². The Balaban J connectivity index is 2.37. The molecule has 2 rings (SSSR count). The number of rotatable bonds is 3. The highest BCUT2D eigenvalue weighted by atomic mass is 79.9. The molecule has 0 unspecified atom stereocenters. The molecule has 0 amide bonds. The van der Waals surface area contributed by atoms with Gasteiger partial charge in [0.2, 0.25) is 0 Å². The lowest BCUT2D eigenvalue weighted by atomic mass is 10.2. The monoisotopic (exact) mass is 325 g/mol. The Morgan fingerprint density at radius 3 is 2.44 bits per heavy atom. The normalized spacial score (nSPS) is 11.2. The third kappa shape index (κ3) is 2.91. The molecular weight excluding hydrogens is 314 g/mol.